The molecule has 0 aromatic carbocycles. The molecule has 0 aliphatic heterocycles. The van der Waals surface area contributed by atoms with Crippen LogP contribution in [0.2, 0.25) is 0 Å². The first kappa shape index (κ1) is 14.9. The molecule has 0 aromatic rings. The van der Waals surface area contributed by atoms with Crippen molar-refractivity contribution in [3.8, 4) is 0 Å². The molecule has 0 heterocycles. The van der Waals surface area contributed by atoms with E-state index in [1.807, 2.05) is 0 Å². The van der Waals surface area contributed by atoms with E-state index >= 15 is 0 Å². The number of hydrogen-bond donors (Lipinski definition) is 2. The Morgan fingerprint density at radius 1 is 1.00 bits per heavy atom. The van der Waals surface area contributed by atoms with Crippen molar-refractivity contribution in [1.29, 1.82) is 0 Å². The summed E-state index contributed by atoms with van der Waals surface area (Å²) >= 11 is 0. The highest BCUT2D eigenvalue weighted by Crippen LogP contribution is 2.24. The van der Waals surface area contributed by atoms with Crippen LogP contribution in [0.1, 0.15) is 61.3 Å². The second-order valence-corrected chi connectivity index (χ2v) is 6.12. The third-order valence-corrected chi connectivity index (χ3v) is 2.87. The Hall–Kier alpha value is -0.0800. The molecule has 1 unspecified atom stereocenters. The van der Waals surface area contributed by atoms with E-state index in [2.05, 4.69) is 59.1 Å². The summed E-state index contributed by atoms with van der Waals surface area (Å²) in [6, 6.07) is 0. The fourth-order valence-electron chi connectivity index (χ4n) is 1.45. The summed E-state index contributed by atoms with van der Waals surface area (Å²) < 4.78 is 0. The molecule has 0 rings (SSSR count). The molecular formula is C13H30N2. The van der Waals surface area contributed by atoms with Gasteiger partial charge < -0.3 is 5.32 Å². The van der Waals surface area contributed by atoms with Crippen LogP contribution in [0, 0.1) is 5.41 Å². The van der Waals surface area contributed by atoms with E-state index in [4.69, 9.17) is 0 Å². The fraction of sp³-hybridized carbons (Fsp3) is 1.00. The third kappa shape index (κ3) is 6.16. The third-order valence-electron chi connectivity index (χ3n) is 2.87. The summed E-state index contributed by atoms with van der Waals surface area (Å²) in [5.74, 6) is 0. The van der Waals surface area contributed by atoms with Gasteiger partial charge in [-0.25, -0.2) is 0 Å². The van der Waals surface area contributed by atoms with Gasteiger partial charge in [0.2, 0.25) is 0 Å². The zero-order valence-corrected chi connectivity index (χ0v) is 11.7. The molecule has 0 aromatic heterocycles. The van der Waals surface area contributed by atoms with E-state index in [0.717, 1.165) is 6.54 Å². The van der Waals surface area contributed by atoms with Crippen LogP contribution in [0.5, 0.6) is 0 Å². The average molecular weight is 214 g/mol. The van der Waals surface area contributed by atoms with Crippen molar-refractivity contribution in [2.45, 2.75) is 73.0 Å². The standard InChI is InChI=1S/C13H30N2/c1-8-10-14-11(13(6,7)9-2)15-12(3,4)5/h11,14-15H,8-10H2,1-7H3. The Kier molecular flexibility index (Phi) is 5.82. The Bertz CT molecular complexity index is 168. The van der Waals surface area contributed by atoms with Gasteiger partial charge in [0.15, 0.2) is 0 Å². The van der Waals surface area contributed by atoms with Crippen LogP contribution < -0.4 is 10.6 Å². The van der Waals surface area contributed by atoms with Crippen LogP contribution >= 0.6 is 0 Å². The van der Waals surface area contributed by atoms with Gasteiger partial charge in [-0.05, 0) is 45.6 Å². The lowest BCUT2D eigenvalue weighted by Gasteiger charge is -2.39. The van der Waals surface area contributed by atoms with E-state index in [1.54, 1.807) is 0 Å². The molecule has 15 heavy (non-hydrogen) atoms. The van der Waals surface area contributed by atoms with Crippen molar-refractivity contribution in [2.24, 2.45) is 5.41 Å². The minimum Gasteiger partial charge on any atom is -0.301 e. The Labute approximate surface area is 96.2 Å². The summed E-state index contributed by atoms with van der Waals surface area (Å²) in [6.45, 7) is 16.8. The molecule has 92 valence electrons. The Balaban J connectivity index is 4.44. The Morgan fingerprint density at radius 3 is 1.87 bits per heavy atom. The summed E-state index contributed by atoms with van der Waals surface area (Å²) in [5, 5.41) is 7.28. The van der Waals surface area contributed by atoms with Gasteiger partial charge in [-0.3, -0.25) is 5.32 Å². The van der Waals surface area contributed by atoms with E-state index in [1.165, 1.54) is 12.8 Å². The first-order valence-electron chi connectivity index (χ1n) is 6.24. The van der Waals surface area contributed by atoms with Gasteiger partial charge in [-0.2, -0.15) is 0 Å². The van der Waals surface area contributed by atoms with Crippen molar-refractivity contribution in [2.75, 3.05) is 6.54 Å². The van der Waals surface area contributed by atoms with Gasteiger partial charge in [0.25, 0.3) is 0 Å². The predicted octanol–water partition coefficient (Wildman–Crippen LogP) is 3.14. The molecule has 0 aliphatic carbocycles. The maximum atomic E-state index is 3.67. The molecule has 0 bridgehead atoms. The largest absolute Gasteiger partial charge is 0.301 e. The monoisotopic (exact) mass is 214 g/mol. The number of hydrogen-bond acceptors (Lipinski definition) is 2. The smallest absolute Gasteiger partial charge is 0.0628 e. The molecule has 2 heteroatoms. The van der Waals surface area contributed by atoms with Gasteiger partial charge >= 0.3 is 0 Å². The lowest BCUT2D eigenvalue weighted by molar-refractivity contribution is 0.160. The summed E-state index contributed by atoms with van der Waals surface area (Å²) in [4.78, 5) is 0. The minimum absolute atomic E-state index is 0.165. The summed E-state index contributed by atoms with van der Waals surface area (Å²) in [7, 11) is 0. The maximum absolute atomic E-state index is 3.67. The van der Waals surface area contributed by atoms with Crippen LogP contribution in [0.15, 0.2) is 0 Å². The van der Waals surface area contributed by atoms with Crippen LogP contribution in [-0.2, 0) is 0 Å². The molecular weight excluding hydrogens is 184 g/mol. The molecule has 0 aliphatic rings. The minimum atomic E-state index is 0.165. The summed E-state index contributed by atoms with van der Waals surface area (Å²) in [5.41, 5.74) is 0.459. The number of nitrogens with one attached hydrogen (secondary N) is 2. The molecule has 0 fully saturated rings. The molecule has 1 atom stereocenters. The topological polar surface area (TPSA) is 24.1 Å². The second kappa shape index (κ2) is 5.86. The predicted molar refractivity (Wildman–Crippen MR) is 69.0 cm³/mol. The van der Waals surface area contributed by atoms with Gasteiger partial charge in [-0.1, -0.05) is 27.7 Å². The van der Waals surface area contributed by atoms with E-state index in [-0.39, 0.29) is 5.54 Å². The maximum Gasteiger partial charge on any atom is 0.0628 e. The first-order valence-corrected chi connectivity index (χ1v) is 6.24. The quantitative estimate of drug-likeness (QED) is 0.664. The van der Waals surface area contributed by atoms with Gasteiger partial charge in [0, 0.05) is 5.54 Å². The zero-order valence-electron chi connectivity index (χ0n) is 11.7. The molecule has 2 N–H and O–H groups in total. The Morgan fingerprint density at radius 2 is 1.53 bits per heavy atom. The highest BCUT2D eigenvalue weighted by Gasteiger charge is 2.29. The lowest BCUT2D eigenvalue weighted by Crippen LogP contribution is -2.58. The molecule has 0 radical (unpaired) electrons. The van der Waals surface area contributed by atoms with Gasteiger partial charge in [0.05, 0.1) is 6.17 Å². The van der Waals surface area contributed by atoms with Gasteiger partial charge in [-0.15, -0.1) is 0 Å². The molecule has 0 saturated heterocycles. The number of rotatable bonds is 6. The lowest BCUT2D eigenvalue weighted by atomic mass is 9.85. The SMILES string of the molecule is CCCNC(NC(C)(C)C)C(C)(C)CC. The zero-order chi connectivity index (χ0) is 12.1. The average Bonchev–Trinajstić information content (AvgIpc) is 2.10. The highest BCUT2D eigenvalue weighted by molar-refractivity contribution is 4.86. The molecule has 2 nitrogen and oxygen atoms in total. The van der Waals surface area contributed by atoms with E-state index < -0.39 is 0 Å². The van der Waals surface area contributed by atoms with E-state index in [0.29, 0.717) is 11.6 Å². The van der Waals surface area contributed by atoms with Crippen molar-refractivity contribution >= 4 is 0 Å². The summed E-state index contributed by atoms with van der Waals surface area (Å²) in [6.07, 6.45) is 2.75. The van der Waals surface area contributed by atoms with Gasteiger partial charge in [0.1, 0.15) is 0 Å². The molecule has 0 amide bonds. The van der Waals surface area contributed by atoms with Crippen molar-refractivity contribution in [1.82, 2.24) is 10.6 Å². The molecule has 0 saturated carbocycles. The van der Waals surface area contributed by atoms with Crippen LogP contribution in [-0.4, -0.2) is 18.2 Å². The molecule has 0 spiro atoms. The van der Waals surface area contributed by atoms with E-state index in [9.17, 15) is 0 Å². The fourth-order valence-corrected chi connectivity index (χ4v) is 1.45. The van der Waals surface area contributed by atoms with Crippen molar-refractivity contribution < 1.29 is 0 Å². The van der Waals surface area contributed by atoms with Crippen LogP contribution in [0.4, 0.5) is 0 Å². The first-order chi connectivity index (χ1) is 6.73. The highest BCUT2D eigenvalue weighted by atomic mass is 15.2. The van der Waals surface area contributed by atoms with Crippen LogP contribution in [0.3, 0.4) is 0 Å². The van der Waals surface area contributed by atoms with Crippen molar-refractivity contribution in [3.63, 3.8) is 0 Å². The van der Waals surface area contributed by atoms with Crippen molar-refractivity contribution in [3.05, 3.63) is 0 Å². The van der Waals surface area contributed by atoms with Crippen LogP contribution in [0.25, 0.3) is 0 Å². The normalized spacial score (nSPS) is 15.4. The second-order valence-electron chi connectivity index (χ2n) is 6.12.